The van der Waals surface area contributed by atoms with E-state index in [4.69, 9.17) is 4.74 Å². The van der Waals surface area contributed by atoms with Crippen molar-refractivity contribution < 1.29 is 14.3 Å². The molecule has 0 aliphatic heterocycles. The smallest absolute Gasteiger partial charge is 0.328 e. The van der Waals surface area contributed by atoms with Crippen molar-refractivity contribution in [1.29, 1.82) is 0 Å². The average Bonchev–Trinajstić information content (AvgIpc) is 2.39. The maximum atomic E-state index is 11.7. The number of aryl methyl sites for hydroxylation is 1. The van der Waals surface area contributed by atoms with Crippen molar-refractivity contribution in [3.8, 4) is 0 Å². The number of hydrogen-bond donors (Lipinski definition) is 1. The molecule has 0 spiro atoms. The van der Waals surface area contributed by atoms with Gasteiger partial charge in [-0.25, -0.2) is 4.79 Å². The molecule has 0 saturated heterocycles. The summed E-state index contributed by atoms with van der Waals surface area (Å²) >= 11 is 0. The topological polar surface area (TPSA) is 55.4 Å². The van der Waals surface area contributed by atoms with Crippen molar-refractivity contribution in [3.63, 3.8) is 0 Å². The first-order chi connectivity index (χ1) is 8.95. The fraction of sp³-hybridized carbons (Fsp3) is 0.467. The first-order valence-electron chi connectivity index (χ1n) is 6.38. The summed E-state index contributed by atoms with van der Waals surface area (Å²) in [5.74, 6) is -0.731. The van der Waals surface area contributed by atoms with Crippen LogP contribution >= 0.6 is 0 Å². The lowest BCUT2D eigenvalue weighted by Gasteiger charge is -2.18. The Balaban J connectivity index is 2.84. The minimum absolute atomic E-state index is 0.149. The molecular weight excluding hydrogens is 242 g/mol. The Hall–Kier alpha value is -1.84. The maximum absolute atomic E-state index is 11.7. The van der Waals surface area contributed by atoms with Gasteiger partial charge in [-0.2, -0.15) is 0 Å². The van der Waals surface area contributed by atoms with E-state index in [1.807, 2.05) is 31.2 Å². The number of amides is 1. The molecule has 1 aromatic carbocycles. The Kier molecular flexibility index (Phi) is 5.55. The van der Waals surface area contributed by atoms with E-state index in [2.05, 4.69) is 5.32 Å². The van der Waals surface area contributed by atoms with Gasteiger partial charge in [0.05, 0.1) is 7.11 Å². The second-order valence-electron chi connectivity index (χ2n) is 4.87. The standard InChI is InChI=1S/C15H21NO3/c1-10(2)14(17)16-13(15(18)19-4)9-12-8-6-5-7-11(12)3/h5-8,10,13H,9H2,1-4H3,(H,16,17)/t13-/m0/s1. The van der Waals surface area contributed by atoms with E-state index >= 15 is 0 Å². The van der Waals surface area contributed by atoms with Crippen LogP contribution in [0, 0.1) is 12.8 Å². The Labute approximate surface area is 114 Å². The second kappa shape index (κ2) is 6.92. The van der Waals surface area contributed by atoms with Crippen molar-refractivity contribution in [1.82, 2.24) is 5.32 Å². The molecule has 0 fully saturated rings. The van der Waals surface area contributed by atoms with Crippen LogP contribution in [0.2, 0.25) is 0 Å². The van der Waals surface area contributed by atoms with Crippen LogP contribution < -0.4 is 5.32 Å². The summed E-state index contributed by atoms with van der Waals surface area (Å²) in [4.78, 5) is 23.5. The predicted molar refractivity (Wildman–Crippen MR) is 73.7 cm³/mol. The van der Waals surface area contributed by atoms with Crippen LogP contribution in [0.25, 0.3) is 0 Å². The molecule has 1 atom stereocenters. The minimum Gasteiger partial charge on any atom is -0.467 e. The van der Waals surface area contributed by atoms with Crippen molar-refractivity contribution in [2.75, 3.05) is 7.11 Å². The lowest BCUT2D eigenvalue weighted by Crippen LogP contribution is -2.44. The fourth-order valence-corrected chi connectivity index (χ4v) is 1.73. The maximum Gasteiger partial charge on any atom is 0.328 e. The number of esters is 1. The summed E-state index contributed by atoms with van der Waals surface area (Å²) in [7, 11) is 1.33. The third kappa shape index (κ3) is 4.39. The molecule has 104 valence electrons. The summed E-state index contributed by atoms with van der Waals surface area (Å²) in [6.07, 6.45) is 0.442. The van der Waals surface area contributed by atoms with Crippen molar-refractivity contribution in [2.24, 2.45) is 5.92 Å². The van der Waals surface area contributed by atoms with E-state index in [1.165, 1.54) is 7.11 Å². The van der Waals surface area contributed by atoms with Gasteiger partial charge in [-0.3, -0.25) is 4.79 Å². The highest BCUT2D eigenvalue weighted by molar-refractivity contribution is 5.85. The summed E-state index contributed by atoms with van der Waals surface area (Å²) in [5.41, 5.74) is 2.12. The molecular formula is C15H21NO3. The largest absolute Gasteiger partial charge is 0.467 e. The number of hydrogen-bond acceptors (Lipinski definition) is 3. The fourth-order valence-electron chi connectivity index (χ4n) is 1.73. The van der Waals surface area contributed by atoms with E-state index in [0.717, 1.165) is 11.1 Å². The Morgan fingerprint density at radius 3 is 2.42 bits per heavy atom. The van der Waals surface area contributed by atoms with Crippen LogP contribution in [-0.4, -0.2) is 25.0 Å². The molecule has 0 radical (unpaired) electrons. The average molecular weight is 263 g/mol. The Bertz CT molecular complexity index is 454. The van der Waals surface area contributed by atoms with Crippen LogP contribution in [0.3, 0.4) is 0 Å². The third-order valence-corrected chi connectivity index (χ3v) is 3.01. The first-order valence-corrected chi connectivity index (χ1v) is 6.38. The molecule has 0 aliphatic rings. The monoisotopic (exact) mass is 263 g/mol. The third-order valence-electron chi connectivity index (χ3n) is 3.01. The molecule has 0 saturated carbocycles. The molecule has 19 heavy (non-hydrogen) atoms. The summed E-state index contributed by atoms with van der Waals surface area (Å²) in [6.45, 7) is 5.56. The molecule has 4 heteroatoms. The van der Waals surface area contributed by atoms with E-state index in [-0.39, 0.29) is 11.8 Å². The predicted octanol–water partition coefficient (Wildman–Crippen LogP) is 1.85. The van der Waals surface area contributed by atoms with Gasteiger partial charge < -0.3 is 10.1 Å². The highest BCUT2D eigenvalue weighted by Crippen LogP contribution is 2.11. The zero-order valence-electron chi connectivity index (χ0n) is 11.9. The van der Waals surface area contributed by atoms with Gasteiger partial charge in [0.25, 0.3) is 0 Å². The highest BCUT2D eigenvalue weighted by Gasteiger charge is 2.23. The molecule has 0 bridgehead atoms. The van der Waals surface area contributed by atoms with Crippen LogP contribution in [0.4, 0.5) is 0 Å². The van der Waals surface area contributed by atoms with Crippen LogP contribution in [0.5, 0.6) is 0 Å². The van der Waals surface area contributed by atoms with Crippen molar-refractivity contribution in [2.45, 2.75) is 33.2 Å². The van der Waals surface area contributed by atoms with Crippen LogP contribution in [0.1, 0.15) is 25.0 Å². The van der Waals surface area contributed by atoms with Crippen molar-refractivity contribution >= 4 is 11.9 Å². The SMILES string of the molecule is COC(=O)[C@H](Cc1ccccc1C)NC(=O)C(C)C. The summed E-state index contributed by atoms with van der Waals surface area (Å²) in [5, 5.41) is 2.73. The first kappa shape index (κ1) is 15.2. The van der Waals surface area contributed by atoms with Gasteiger partial charge in [0.15, 0.2) is 0 Å². The lowest BCUT2D eigenvalue weighted by atomic mass is 10.0. The molecule has 0 aromatic heterocycles. The molecule has 0 unspecified atom stereocenters. The van der Waals surface area contributed by atoms with E-state index < -0.39 is 12.0 Å². The second-order valence-corrected chi connectivity index (χ2v) is 4.87. The molecule has 1 amide bonds. The van der Waals surface area contributed by atoms with Gasteiger partial charge in [0, 0.05) is 12.3 Å². The van der Waals surface area contributed by atoms with Crippen molar-refractivity contribution in [3.05, 3.63) is 35.4 Å². The van der Waals surface area contributed by atoms with Gasteiger partial charge in [0.1, 0.15) is 6.04 Å². The number of rotatable bonds is 5. The van der Waals surface area contributed by atoms with Gasteiger partial charge in [-0.05, 0) is 18.1 Å². The molecule has 4 nitrogen and oxygen atoms in total. The number of carbonyl (C=O) groups excluding carboxylic acids is 2. The highest BCUT2D eigenvalue weighted by atomic mass is 16.5. The Morgan fingerprint density at radius 1 is 1.26 bits per heavy atom. The number of nitrogens with one attached hydrogen (secondary N) is 1. The number of benzene rings is 1. The lowest BCUT2D eigenvalue weighted by molar-refractivity contribution is -0.145. The number of carbonyl (C=O) groups is 2. The van der Waals surface area contributed by atoms with Gasteiger partial charge in [0.2, 0.25) is 5.91 Å². The molecule has 1 aromatic rings. The van der Waals surface area contributed by atoms with E-state index in [9.17, 15) is 9.59 Å². The minimum atomic E-state index is -0.638. The van der Waals surface area contributed by atoms with E-state index in [0.29, 0.717) is 6.42 Å². The number of methoxy groups -OCH3 is 1. The zero-order chi connectivity index (χ0) is 14.4. The van der Waals surface area contributed by atoms with E-state index in [1.54, 1.807) is 13.8 Å². The van der Waals surface area contributed by atoms with Gasteiger partial charge in [-0.1, -0.05) is 38.1 Å². The molecule has 1 rings (SSSR count). The van der Waals surface area contributed by atoms with Crippen LogP contribution in [-0.2, 0) is 20.7 Å². The molecule has 0 aliphatic carbocycles. The molecule has 0 heterocycles. The number of ether oxygens (including phenoxy) is 1. The molecule has 1 N–H and O–H groups in total. The summed E-state index contributed by atoms with van der Waals surface area (Å²) < 4.78 is 4.75. The Morgan fingerprint density at radius 2 is 1.89 bits per heavy atom. The van der Waals surface area contributed by atoms with Crippen LogP contribution in [0.15, 0.2) is 24.3 Å². The van der Waals surface area contributed by atoms with Gasteiger partial charge >= 0.3 is 5.97 Å². The summed E-state index contributed by atoms with van der Waals surface area (Å²) in [6, 6.07) is 7.15. The zero-order valence-corrected chi connectivity index (χ0v) is 11.9. The quantitative estimate of drug-likeness (QED) is 0.825. The normalized spacial score (nSPS) is 12.1. The van der Waals surface area contributed by atoms with Gasteiger partial charge in [-0.15, -0.1) is 0 Å².